The molecule has 1 aromatic carbocycles. The Hall–Kier alpha value is -2.34. The monoisotopic (exact) mass is 390 g/mol. The summed E-state index contributed by atoms with van der Waals surface area (Å²) in [6, 6.07) is 8.96. The number of carbonyl (C=O) groups is 2. The number of nitrogens with one attached hydrogen (secondary N) is 1. The molecule has 6 nitrogen and oxygen atoms in total. The maximum Gasteiger partial charge on any atom is 0.434 e. The Labute approximate surface area is 168 Å². The number of carbonyl (C=O) groups excluding carboxylic acids is 2. The summed E-state index contributed by atoms with van der Waals surface area (Å²) in [5, 5.41) is 4.05. The maximum atomic E-state index is 12.9. The van der Waals surface area contributed by atoms with Crippen LogP contribution in [0.15, 0.2) is 42.5 Å². The minimum atomic E-state index is -0.635. The average Bonchev–Trinajstić information content (AvgIpc) is 2.65. The van der Waals surface area contributed by atoms with E-state index in [0.717, 1.165) is 29.0 Å². The van der Waals surface area contributed by atoms with Crippen molar-refractivity contribution >= 4 is 12.0 Å². The minimum absolute atomic E-state index is 0.0409. The Morgan fingerprint density at radius 3 is 2.29 bits per heavy atom. The molecule has 28 heavy (non-hydrogen) atoms. The summed E-state index contributed by atoms with van der Waals surface area (Å²) < 4.78 is 5.62. The van der Waals surface area contributed by atoms with E-state index in [1.807, 2.05) is 58.0 Å². The first-order valence-corrected chi connectivity index (χ1v) is 9.65. The molecule has 3 atom stereocenters. The SMILES string of the molecule is C=C(C)CC[C@@H](C(=O)N[C@H](C)[C@@H](OC(=O)N(C)OC)c1ccccc1)C(C)C. The second kappa shape index (κ2) is 11.5. The van der Waals surface area contributed by atoms with Crippen LogP contribution in [-0.4, -0.2) is 37.3 Å². The predicted octanol–water partition coefficient (Wildman–Crippen LogP) is 4.49. The topological polar surface area (TPSA) is 67.9 Å². The first kappa shape index (κ1) is 23.7. The molecule has 0 spiro atoms. The molecule has 2 amide bonds. The van der Waals surface area contributed by atoms with E-state index in [1.54, 1.807) is 0 Å². The number of hydrogen-bond donors (Lipinski definition) is 1. The van der Waals surface area contributed by atoms with Gasteiger partial charge in [-0.05, 0) is 38.2 Å². The van der Waals surface area contributed by atoms with Gasteiger partial charge in [0.2, 0.25) is 5.91 Å². The van der Waals surface area contributed by atoms with Crippen molar-refractivity contribution in [1.29, 1.82) is 0 Å². The van der Waals surface area contributed by atoms with Gasteiger partial charge >= 0.3 is 6.09 Å². The van der Waals surface area contributed by atoms with Crippen LogP contribution >= 0.6 is 0 Å². The van der Waals surface area contributed by atoms with Gasteiger partial charge in [-0.3, -0.25) is 9.63 Å². The third kappa shape index (κ3) is 7.35. The highest BCUT2D eigenvalue weighted by Gasteiger charge is 2.29. The van der Waals surface area contributed by atoms with E-state index in [1.165, 1.54) is 14.2 Å². The molecule has 0 aromatic heterocycles. The van der Waals surface area contributed by atoms with Crippen molar-refractivity contribution in [3.8, 4) is 0 Å². The van der Waals surface area contributed by atoms with Crippen LogP contribution in [0.2, 0.25) is 0 Å². The fourth-order valence-corrected chi connectivity index (χ4v) is 2.94. The van der Waals surface area contributed by atoms with Gasteiger partial charge in [0.05, 0.1) is 13.2 Å². The lowest BCUT2D eigenvalue weighted by Gasteiger charge is -2.29. The summed E-state index contributed by atoms with van der Waals surface area (Å²) in [5.74, 6) is 0.0256. The number of hydroxylamine groups is 2. The molecule has 0 saturated heterocycles. The molecule has 0 unspecified atom stereocenters. The molecule has 0 aliphatic heterocycles. The van der Waals surface area contributed by atoms with E-state index in [-0.39, 0.29) is 17.7 Å². The van der Waals surface area contributed by atoms with Crippen LogP contribution in [-0.2, 0) is 14.4 Å². The Bertz CT molecular complexity index is 645. The number of rotatable bonds is 10. The first-order valence-electron chi connectivity index (χ1n) is 9.65. The standard InChI is InChI=1S/C22H34N2O4/c1-15(2)13-14-19(16(3)4)21(25)23-17(5)20(18-11-9-8-10-12-18)28-22(26)24(6)27-7/h8-12,16-17,19-20H,1,13-14H2,2-7H3,(H,23,25)/t17-,19-,20-/m1/s1. The van der Waals surface area contributed by atoms with Gasteiger partial charge in [0.15, 0.2) is 0 Å². The van der Waals surface area contributed by atoms with Crippen molar-refractivity contribution in [2.75, 3.05) is 14.2 Å². The third-order valence-corrected chi connectivity index (χ3v) is 4.73. The van der Waals surface area contributed by atoms with Gasteiger partial charge in [0.1, 0.15) is 6.10 Å². The van der Waals surface area contributed by atoms with Gasteiger partial charge in [-0.15, -0.1) is 6.58 Å². The number of allylic oxidation sites excluding steroid dienone is 1. The van der Waals surface area contributed by atoms with Crippen molar-refractivity contribution in [3.63, 3.8) is 0 Å². The average molecular weight is 391 g/mol. The highest BCUT2D eigenvalue weighted by atomic mass is 16.7. The molecule has 0 aliphatic carbocycles. The van der Waals surface area contributed by atoms with E-state index in [4.69, 9.17) is 9.57 Å². The molecule has 0 radical (unpaired) electrons. The second-order valence-electron chi connectivity index (χ2n) is 7.54. The molecule has 0 heterocycles. The zero-order valence-electron chi connectivity index (χ0n) is 17.9. The molecule has 0 bridgehead atoms. The lowest BCUT2D eigenvalue weighted by atomic mass is 9.88. The van der Waals surface area contributed by atoms with Crippen LogP contribution in [0.3, 0.4) is 0 Å². The van der Waals surface area contributed by atoms with E-state index < -0.39 is 18.2 Å². The molecule has 0 fully saturated rings. The van der Waals surface area contributed by atoms with E-state index in [2.05, 4.69) is 11.9 Å². The second-order valence-corrected chi connectivity index (χ2v) is 7.54. The molecule has 1 aromatic rings. The lowest BCUT2D eigenvalue weighted by Crippen LogP contribution is -2.44. The Morgan fingerprint density at radius 1 is 1.18 bits per heavy atom. The molecule has 1 rings (SSSR count). The Kier molecular flexibility index (Phi) is 9.73. The number of amides is 2. The quantitative estimate of drug-likeness (QED) is 0.472. The summed E-state index contributed by atoms with van der Waals surface area (Å²) in [6.07, 6.45) is 0.290. The van der Waals surface area contributed by atoms with Crippen molar-refractivity contribution in [2.45, 2.75) is 52.7 Å². The lowest BCUT2D eigenvalue weighted by molar-refractivity contribution is -0.129. The molecule has 6 heteroatoms. The van der Waals surface area contributed by atoms with Crippen molar-refractivity contribution in [3.05, 3.63) is 48.0 Å². The molecular weight excluding hydrogens is 356 g/mol. The highest BCUT2D eigenvalue weighted by Crippen LogP contribution is 2.25. The maximum absolute atomic E-state index is 12.9. The number of nitrogens with zero attached hydrogens (tertiary/aromatic N) is 1. The van der Waals surface area contributed by atoms with E-state index in [0.29, 0.717) is 0 Å². The van der Waals surface area contributed by atoms with Crippen LogP contribution in [0.4, 0.5) is 4.79 Å². The van der Waals surface area contributed by atoms with Gasteiger partial charge in [-0.1, -0.05) is 49.8 Å². The predicted molar refractivity (Wildman–Crippen MR) is 110 cm³/mol. The third-order valence-electron chi connectivity index (χ3n) is 4.73. The number of hydrogen-bond acceptors (Lipinski definition) is 4. The Morgan fingerprint density at radius 2 is 1.79 bits per heavy atom. The van der Waals surface area contributed by atoms with Gasteiger partial charge in [0, 0.05) is 13.0 Å². The summed E-state index contributed by atoms with van der Waals surface area (Å²) >= 11 is 0. The summed E-state index contributed by atoms with van der Waals surface area (Å²) in [4.78, 5) is 30.0. The first-order chi connectivity index (χ1) is 13.2. The molecule has 0 saturated carbocycles. The highest BCUT2D eigenvalue weighted by molar-refractivity contribution is 5.79. The van der Waals surface area contributed by atoms with E-state index in [9.17, 15) is 9.59 Å². The van der Waals surface area contributed by atoms with Crippen LogP contribution < -0.4 is 5.32 Å². The van der Waals surface area contributed by atoms with Crippen LogP contribution in [0.25, 0.3) is 0 Å². The molecule has 156 valence electrons. The smallest absolute Gasteiger partial charge is 0.434 e. The van der Waals surface area contributed by atoms with Crippen molar-refractivity contribution in [1.82, 2.24) is 10.4 Å². The fourth-order valence-electron chi connectivity index (χ4n) is 2.94. The fraction of sp³-hybridized carbons (Fsp3) is 0.545. The summed E-state index contributed by atoms with van der Waals surface area (Å²) in [6.45, 7) is 11.8. The molecular formula is C22H34N2O4. The largest absolute Gasteiger partial charge is 0.438 e. The van der Waals surface area contributed by atoms with Gasteiger partial charge in [-0.2, -0.15) is 5.06 Å². The zero-order valence-corrected chi connectivity index (χ0v) is 17.9. The minimum Gasteiger partial charge on any atom is -0.438 e. The molecule has 0 aliphatic rings. The van der Waals surface area contributed by atoms with Crippen LogP contribution in [0, 0.1) is 11.8 Å². The van der Waals surface area contributed by atoms with Crippen molar-refractivity contribution in [2.24, 2.45) is 11.8 Å². The Balaban J connectivity index is 2.95. The van der Waals surface area contributed by atoms with Gasteiger partial charge in [0.25, 0.3) is 0 Å². The zero-order chi connectivity index (χ0) is 21.3. The summed E-state index contributed by atoms with van der Waals surface area (Å²) in [7, 11) is 2.86. The van der Waals surface area contributed by atoms with Gasteiger partial charge in [-0.25, -0.2) is 4.79 Å². The van der Waals surface area contributed by atoms with Crippen molar-refractivity contribution < 1.29 is 19.2 Å². The van der Waals surface area contributed by atoms with Gasteiger partial charge < -0.3 is 10.1 Å². The van der Waals surface area contributed by atoms with Crippen LogP contribution in [0.5, 0.6) is 0 Å². The molecule has 1 N–H and O–H groups in total. The number of benzene rings is 1. The summed E-state index contributed by atoms with van der Waals surface area (Å²) in [5.41, 5.74) is 1.86. The van der Waals surface area contributed by atoms with E-state index >= 15 is 0 Å². The normalized spacial score (nSPS) is 14.1. The number of ether oxygens (including phenoxy) is 1. The van der Waals surface area contributed by atoms with Crippen LogP contribution in [0.1, 0.15) is 52.2 Å².